The number of fused-ring (bicyclic) bond motifs is 3. The van der Waals surface area contributed by atoms with Gasteiger partial charge in [-0.3, -0.25) is 19.1 Å². The summed E-state index contributed by atoms with van der Waals surface area (Å²) >= 11 is 0. The van der Waals surface area contributed by atoms with Crippen LogP contribution in [-0.2, 0) is 14.3 Å². The zero-order valence-corrected chi connectivity index (χ0v) is 16.9. The van der Waals surface area contributed by atoms with Crippen LogP contribution in [0.2, 0.25) is 0 Å². The maximum Gasteiger partial charge on any atom is 0.573 e. The average molecular weight is 448 g/mol. The van der Waals surface area contributed by atoms with Gasteiger partial charge in [-0.05, 0) is 24.3 Å². The van der Waals surface area contributed by atoms with E-state index < -0.39 is 24.1 Å². The Balaban J connectivity index is 1.56. The van der Waals surface area contributed by atoms with Gasteiger partial charge in [-0.2, -0.15) is 0 Å². The van der Waals surface area contributed by atoms with Crippen molar-refractivity contribution in [2.24, 2.45) is 0 Å². The van der Waals surface area contributed by atoms with Crippen molar-refractivity contribution in [3.63, 3.8) is 0 Å². The lowest BCUT2D eigenvalue weighted by Crippen LogP contribution is -2.33. The molecule has 0 fully saturated rings. The normalized spacial score (nSPS) is 15.8. The fourth-order valence-electron chi connectivity index (χ4n) is 3.65. The predicted octanol–water partition coefficient (Wildman–Crippen LogP) is 3.50. The van der Waals surface area contributed by atoms with Gasteiger partial charge in [0, 0.05) is 18.9 Å². The number of anilines is 2. The molecule has 1 aliphatic heterocycles. The van der Waals surface area contributed by atoms with E-state index in [-0.39, 0.29) is 24.6 Å². The van der Waals surface area contributed by atoms with Crippen LogP contribution in [0.25, 0.3) is 11.0 Å². The number of halogens is 3. The summed E-state index contributed by atoms with van der Waals surface area (Å²) in [4.78, 5) is 31.7. The van der Waals surface area contributed by atoms with Gasteiger partial charge in [0.15, 0.2) is 0 Å². The highest BCUT2D eigenvalue weighted by Gasteiger charge is 2.40. The highest BCUT2D eigenvalue weighted by Crippen LogP contribution is 2.36. The molecule has 8 nitrogen and oxygen atoms in total. The molecule has 1 aromatic heterocycles. The smallest absolute Gasteiger partial charge is 0.406 e. The number of rotatable bonds is 7. The predicted molar refractivity (Wildman–Crippen MR) is 109 cm³/mol. The summed E-state index contributed by atoms with van der Waals surface area (Å²) in [5.41, 5.74) is 1.50. The summed E-state index contributed by atoms with van der Waals surface area (Å²) in [6.07, 6.45) is -5.07. The second-order valence-corrected chi connectivity index (χ2v) is 7.10. The molecule has 4 rings (SSSR count). The third kappa shape index (κ3) is 4.37. The van der Waals surface area contributed by atoms with E-state index in [4.69, 9.17) is 4.74 Å². The number of nitrogens with one attached hydrogen (secondary N) is 1. The van der Waals surface area contributed by atoms with E-state index >= 15 is 0 Å². The largest absolute Gasteiger partial charge is 0.573 e. The van der Waals surface area contributed by atoms with Crippen LogP contribution < -0.4 is 15.0 Å². The maximum atomic E-state index is 13.1. The summed E-state index contributed by atoms with van der Waals surface area (Å²) < 4.78 is 48.0. The average Bonchev–Trinajstić information content (AvgIpc) is 3.20. The molecule has 1 unspecified atom stereocenters. The molecule has 1 N–H and O–H groups in total. The van der Waals surface area contributed by atoms with Crippen LogP contribution in [0.15, 0.2) is 48.5 Å². The third-order valence-corrected chi connectivity index (χ3v) is 4.93. The monoisotopic (exact) mass is 448 g/mol. The SMILES string of the molecule is COCCN1C(=O)C(CC(=O)Nc2cccc(OC(F)(F)F)c2)n2c1nc1ccccc12. The number of para-hydroxylation sites is 2. The Morgan fingerprint density at radius 2 is 1.97 bits per heavy atom. The summed E-state index contributed by atoms with van der Waals surface area (Å²) in [6, 6.07) is 11.3. The number of imidazole rings is 1. The molecule has 0 spiro atoms. The highest BCUT2D eigenvalue weighted by molar-refractivity contribution is 6.05. The fraction of sp³-hybridized carbons (Fsp3) is 0.286. The molecule has 0 saturated heterocycles. The number of methoxy groups -OCH3 is 1. The maximum absolute atomic E-state index is 13.1. The Kier molecular flexibility index (Phi) is 5.74. The minimum absolute atomic E-state index is 0.120. The van der Waals surface area contributed by atoms with Crippen LogP contribution in [-0.4, -0.2) is 48.0 Å². The Bertz CT molecular complexity index is 1160. The molecule has 1 atom stereocenters. The summed E-state index contributed by atoms with van der Waals surface area (Å²) in [5, 5.41) is 2.53. The van der Waals surface area contributed by atoms with Crippen LogP contribution in [0.4, 0.5) is 24.8 Å². The number of ether oxygens (including phenoxy) is 2. The second-order valence-electron chi connectivity index (χ2n) is 7.10. The van der Waals surface area contributed by atoms with E-state index in [1.807, 2.05) is 24.3 Å². The summed E-state index contributed by atoms with van der Waals surface area (Å²) in [6.45, 7) is 0.563. The molecule has 3 aromatic rings. The van der Waals surface area contributed by atoms with Crippen molar-refractivity contribution in [3.05, 3.63) is 48.5 Å². The Labute approximate surface area is 180 Å². The van der Waals surface area contributed by atoms with E-state index in [1.165, 1.54) is 24.1 Å². The fourth-order valence-corrected chi connectivity index (χ4v) is 3.65. The van der Waals surface area contributed by atoms with Gasteiger partial charge in [0.1, 0.15) is 11.8 Å². The number of benzene rings is 2. The third-order valence-electron chi connectivity index (χ3n) is 4.93. The lowest BCUT2D eigenvalue weighted by atomic mass is 10.1. The summed E-state index contributed by atoms with van der Waals surface area (Å²) in [5.74, 6) is -0.878. The Morgan fingerprint density at radius 1 is 1.19 bits per heavy atom. The van der Waals surface area contributed by atoms with Gasteiger partial charge in [0.05, 0.1) is 30.6 Å². The van der Waals surface area contributed by atoms with Gasteiger partial charge in [-0.15, -0.1) is 13.2 Å². The zero-order valence-electron chi connectivity index (χ0n) is 16.9. The van der Waals surface area contributed by atoms with E-state index in [0.29, 0.717) is 23.6 Å². The molecular formula is C21H19F3N4O4. The highest BCUT2D eigenvalue weighted by atomic mass is 19.4. The van der Waals surface area contributed by atoms with E-state index in [2.05, 4.69) is 15.0 Å². The van der Waals surface area contributed by atoms with Crippen molar-refractivity contribution in [1.82, 2.24) is 9.55 Å². The minimum Gasteiger partial charge on any atom is -0.406 e. The van der Waals surface area contributed by atoms with Crippen molar-refractivity contribution < 1.29 is 32.2 Å². The van der Waals surface area contributed by atoms with Crippen LogP contribution >= 0.6 is 0 Å². The summed E-state index contributed by atoms with van der Waals surface area (Å²) in [7, 11) is 1.52. The van der Waals surface area contributed by atoms with Crippen molar-refractivity contribution in [3.8, 4) is 5.75 Å². The number of nitrogens with zero attached hydrogens (tertiary/aromatic N) is 3. The molecule has 32 heavy (non-hydrogen) atoms. The molecule has 0 aliphatic carbocycles. The molecule has 0 bridgehead atoms. The molecular weight excluding hydrogens is 429 g/mol. The van der Waals surface area contributed by atoms with Crippen LogP contribution in [0.5, 0.6) is 5.75 Å². The first kappa shape index (κ1) is 21.6. The number of hydrogen-bond donors (Lipinski definition) is 1. The van der Waals surface area contributed by atoms with E-state index in [9.17, 15) is 22.8 Å². The molecule has 2 heterocycles. The Hall–Kier alpha value is -3.60. The Morgan fingerprint density at radius 3 is 2.72 bits per heavy atom. The van der Waals surface area contributed by atoms with E-state index in [1.54, 1.807) is 4.57 Å². The first-order valence-electron chi connectivity index (χ1n) is 9.70. The number of carbonyl (C=O) groups excluding carboxylic acids is 2. The van der Waals surface area contributed by atoms with Crippen LogP contribution in [0, 0.1) is 0 Å². The van der Waals surface area contributed by atoms with Crippen molar-refractivity contribution >= 4 is 34.5 Å². The molecule has 0 radical (unpaired) electrons. The van der Waals surface area contributed by atoms with E-state index in [0.717, 1.165) is 12.1 Å². The van der Waals surface area contributed by atoms with Crippen molar-refractivity contribution in [2.45, 2.75) is 18.8 Å². The molecule has 1 aliphatic rings. The minimum atomic E-state index is -4.84. The number of aromatic nitrogens is 2. The molecule has 168 valence electrons. The van der Waals surface area contributed by atoms with Crippen LogP contribution in [0.1, 0.15) is 12.5 Å². The number of hydrogen-bond acceptors (Lipinski definition) is 5. The molecule has 11 heteroatoms. The van der Waals surface area contributed by atoms with Gasteiger partial charge in [-0.25, -0.2) is 4.98 Å². The molecule has 2 amide bonds. The quantitative estimate of drug-likeness (QED) is 0.598. The standard InChI is InChI=1S/C21H19F3N4O4/c1-31-10-9-27-19(30)17(28-16-8-3-2-7-15(16)26-20(27)28)12-18(29)25-13-5-4-6-14(11-13)32-21(22,23)24/h2-8,11,17H,9-10,12H2,1H3,(H,25,29). The van der Waals surface area contributed by atoms with Gasteiger partial charge in [0.2, 0.25) is 11.9 Å². The van der Waals surface area contributed by atoms with Crippen molar-refractivity contribution in [1.29, 1.82) is 0 Å². The van der Waals surface area contributed by atoms with Crippen LogP contribution in [0.3, 0.4) is 0 Å². The molecule has 0 saturated carbocycles. The van der Waals surface area contributed by atoms with Gasteiger partial charge in [-0.1, -0.05) is 18.2 Å². The number of carbonyl (C=O) groups is 2. The number of alkyl halides is 3. The first-order valence-corrected chi connectivity index (χ1v) is 9.70. The number of amides is 2. The topological polar surface area (TPSA) is 85.7 Å². The molecule has 2 aromatic carbocycles. The van der Waals surface area contributed by atoms with Gasteiger partial charge >= 0.3 is 6.36 Å². The first-order chi connectivity index (χ1) is 15.3. The van der Waals surface area contributed by atoms with Gasteiger partial charge < -0.3 is 14.8 Å². The second kappa shape index (κ2) is 8.50. The van der Waals surface area contributed by atoms with Gasteiger partial charge in [0.25, 0.3) is 5.91 Å². The van der Waals surface area contributed by atoms with Crippen molar-refractivity contribution in [2.75, 3.05) is 30.5 Å². The zero-order chi connectivity index (χ0) is 22.9. The lowest BCUT2D eigenvalue weighted by molar-refractivity contribution is -0.274. The lowest BCUT2D eigenvalue weighted by Gasteiger charge is -2.15.